The summed E-state index contributed by atoms with van der Waals surface area (Å²) in [5, 5.41) is 3.30. The van der Waals surface area contributed by atoms with E-state index in [2.05, 4.69) is 15.0 Å². The van der Waals surface area contributed by atoms with Crippen molar-refractivity contribution in [1.82, 2.24) is 4.98 Å². The van der Waals surface area contributed by atoms with Crippen LogP contribution in [0.15, 0.2) is 24.3 Å². The molecule has 0 radical (unpaired) electrons. The van der Waals surface area contributed by atoms with E-state index >= 15 is 0 Å². The molecule has 1 amide bonds. The molecule has 116 valence electrons. The van der Waals surface area contributed by atoms with E-state index in [0.29, 0.717) is 22.9 Å². The first-order chi connectivity index (χ1) is 10.5. The number of ketones is 1. The monoisotopic (exact) mass is 320 g/mol. The lowest BCUT2D eigenvalue weighted by Crippen LogP contribution is -2.10. The molecule has 2 aromatic rings. The van der Waals surface area contributed by atoms with Crippen LogP contribution in [-0.2, 0) is 11.3 Å². The van der Waals surface area contributed by atoms with E-state index < -0.39 is 6.09 Å². The number of nitrogens with one attached hydrogen (secondary N) is 1. The Balaban J connectivity index is 1.95. The van der Waals surface area contributed by atoms with Crippen molar-refractivity contribution in [2.24, 2.45) is 0 Å². The topological polar surface area (TPSA) is 77.5 Å². The summed E-state index contributed by atoms with van der Waals surface area (Å²) < 4.78 is 10.1. The molecule has 0 bridgehead atoms. The minimum absolute atomic E-state index is 0.0134. The molecule has 0 atom stereocenters. The van der Waals surface area contributed by atoms with Gasteiger partial charge in [0.05, 0.1) is 17.7 Å². The largest absolute Gasteiger partial charge is 0.486 e. The second kappa shape index (κ2) is 7.04. The molecule has 0 aliphatic heterocycles. The molecule has 22 heavy (non-hydrogen) atoms. The summed E-state index contributed by atoms with van der Waals surface area (Å²) in [5.41, 5.74) is 1.34. The predicted octanol–water partition coefficient (Wildman–Crippen LogP) is 3.41. The second-order valence-electron chi connectivity index (χ2n) is 4.51. The Morgan fingerprint density at radius 3 is 2.50 bits per heavy atom. The quantitative estimate of drug-likeness (QED) is 0.854. The van der Waals surface area contributed by atoms with Gasteiger partial charge in [-0.05, 0) is 31.2 Å². The van der Waals surface area contributed by atoms with Crippen LogP contribution in [0.4, 0.5) is 10.5 Å². The number of rotatable bonds is 5. The third-order valence-corrected chi connectivity index (χ3v) is 4.04. The number of methoxy groups -OCH3 is 1. The van der Waals surface area contributed by atoms with Crippen LogP contribution in [-0.4, -0.2) is 24.0 Å². The van der Waals surface area contributed by atoms with Gasteiger partial charge in [-0.15, -0.1) is 11.3 Å². The van der Waals surface area contributed by atoms with E-state index in [1.54, 1.807) is 24.3 Å². The van der Waals surface area contributed by atoms with Crippen molar-refractivity contribution >= 4 is 28.9 Å². The van der Waals surface area contributed by atoms with Crippen molar-refractivity contribution in [3.05, 3.63) is 39.8 Å². The van der Waals surface area contributed by atoms with Crippen LogP contribution in [0.3, 0.4) is 0 Å². The Kier molecular flexibility index (Phi) is 5.11. The number of Topliss-reactive ketones (excluding diaryl/α,β-unsaturated/α-hetero) is 1. The number of ether oxygens (including phenoxy) is 2. The zero-order valence-corrected chi connectivity index (χ0v) is 13.3. The van der Waals surface area contributed by atoms with Crippen LogP contribution in [0.1, 0.15) is 27.3 Å². The van der Waals surface area contributed by atoms with E-state index in [0.717, 1.165) is 10.7 Å². The number of hydrogen-bond donors (Lipinski definition) is 1. The molecule has 1 N–H and O–H groups in total. The third kappa shape index (κ3) is 4.05. The van der Waals surface area contributed by atoms with E-state index in [1.807, 2.05) is 6.92 Å². The lowest BCUT2D eigenvalue weighted by atomic mass is 10.3. The fraction of sp³-hybridized carbons (Fsp3) is 0.267. The number of aromatic nitrogens is 1. The van der Waals surface area contributed by atoms with Crippen molar-refractivity contribution in [3.63, 3.8) is 0 Å². The predicted molar refractivity (Wildman–Crippen MR) is 83.7 cm³/mol. The van der Waals surface area contributed by atoms with Gasteiger partial charge in [-0.2, -0.15) is 0 Å². The summed E-state index contributed by atoms with van der Waals surface area (Å²) in [6, 6.07) is 6.88. The van der Waals surface area contributed by atoms with E-state index in [4.69, 9.17) is 4.74 Å². The van der Waals surface area contributed by atoms with Gasteiger partial charge in [0.25, 0.3) is 0 Å². The molecule has 1 aromatic heterocycles. The maximum Gasteiger partial charge on any atom is 0.411 e. The highest BCUT2D eigenvalue weighted by molar-refractivity contribution is 7.13. The minimum Gasteiger partial charge on any atom is -0.486 e. The average molecular weight is 320 g/mol. The minimum atomic E-state index is -0.524. The normalized spacial score (nSPS) is 10.1. The zero-order valence-electron chi connectivity index (χ0n) is 12.5. The number of carbonyl (C=O) groups excluding carboxylic acids is 2. The molecular formula is C15H16N2O4S. The molecule has 7 heteroatoms. The lowest BCUT2D eigenvalue weighted by Gasteiger charge is -2.06. The zero-order chi connectivity index (χ0) is 16.1. The first-order valence-corrected chi connectivity index (χ1v) is 7.36. The molecule has 6 nitrogen and oxygen atoms in total. The Hall–Kier alpha value is -2.41. The third-order valence-electron chi connectivity index (χ3n) is 2.81. The molecule has 1 aromatic carbocycles. The fourth-order valence-electron chi connectivity index (χ4n) is 1.79. The van der Waals surface area contributed by atoms with E-state index in [-0.39, 0.29) is 5.78 Å². The first kappa shape index (κ1) is 16.0. The van der Waals surface area contributed by atoms with Gasteiger partial charge < -0.3 is 9.47 Å². The van der Waals surface area contributed by atoms with Crippen LogP contribution in [0, 0.1) is 6.92 Å². The van der Waals surface area contributed by atoms with Gasteiger partial charge in [-0.25, -0.2) is 9.78 Å². The number of amides is 1. The number of hydrogen-bond acceptors (Lipinski definition) is 6. The number of anilines is 1. The van der Waals surface area contributed by atoms with Gasteiger partial charge in [0, 0.05) is 12.6 Å². The van der Waals surface area contributed by atoms with E-state index in [9.17, 15) is 9.59 Å². The summed E-state index contributed by atoms with van der Waals surface area (Å²) in [7, 11) is 1.30. The maximum atomic E-state index is 11.4. The Morgan fingerprint density at radius 1 is 1.27 bits per heavy atom. The van der Waals surface area contributed by atoms with Gasteiger partial charge >= 0.3 is 6.09 Å². The molecule has 0 aliphatic carbocycles. The van der Waals surface area contributed by atoms with E-state index in [1.165, 1.54) is 25.4 Å². The summed E-state index contributed by atoms with van der Waals surface area (Å²) in [5.74, 6) is 0.659. The molecule has 0 saturated carbocycles. The smallest absolute Gasteiger partial charge is 0.411 e. The van der Waals surface area contributed by atoms with Crippen molar-refractivity contribution in [2.45, 2.75) is 20.5 Å². The van der Waals surface area contributed by atoms with Gasteiger partial charge in [0.15, 0.2) is 5.78 Å². The average Bonchev–Trinajstić information content (AvgIpc) is 2.87. The van der Waals surface area contributed by atoms with Gasteiger partial charge in [-0.1, -0.05) is 0 Å². The number of nitrogens with zero attached hydrogens (tertiary/aromatic N) is 1. The molecule has 1 heterocycles. The molecule has 0 spiro atoms. The maximum absolute atomic E-state index is 11.4. The highest BCUT2D eigenvalue weighted by Gasteiger charge is 2.11. The molecule has 2 rings (SSSR count). The summed E-state index contributed by atoms with van der Waals surface area (Å²) in [4.78, 5) is 27.4. The second-order valence-corrected chi connectivity index (χ2v) is 5.59. The fourth-order valence-corrected chi connectivity index (χ4v) is 2.66. The molecular weight excluding hydrogens is 304 g/mol. The summed E-state index contributed by atoms with van der Waals surface area (Å²) in [6.45, 7) is 3.63. The molecule has 0 aliphatic rings. The van der Waals surface area contributed by atoms with Crippen molar-refractivity contribution < 1.29 is 19.1 Å². The lowest BCUT2D eigenvalue weighted by molar-refractivity contribution is 0.102. The Bertz CT molecular complexity index is 679. The number of thiazole rings is 1. The highest BCUT2D eigenvalue weighted by Crippen LogP contribution is 2.21. The van der Waals surface area contributed by atoms with Gasteiger partial charge in [-0.3, -0.25) is 10.1 Å². The molecule has 0 saturated heterocycles. The van der Waals surface area contributed by atoms with Crippen molar-refractivity contribution in [2.75, 3.05) is 12.4 Å². The number of benzene rings is 1. The first-order valence-electron chi connectivity index (χ1n) is 6.54. The Morgan fingerprint density at radius 2 is 1.95 bits per heavy atom. The van der Waals surface area contributed by atoms with Crippen LogP contribution in [0.2, 0.25) is 0 Å². The highest BCUT2D eigenvalue weighted by atomic mass is 32.1. The van der Waals surface area contributed by atoms with Crippen molar-refractivity contribution in [3.8, 4) is 5.75 Å². The summed E-state index contributed by atoms with van der Waals surface area (Å²) in [6.07, 6.45) is -0.524. The summed E-state index contributed by atoms with van der Waals surface area (Å²) >= 11 is 1.34. The van der Waals surface area contributed by atoms with Gasteiger partial charge in [0.1, 0.15) is 17.4 Å². The Labute approximate surface area is 132 Å². The van der Waals surface area contributed by atoms with Crippen molar-refractivity contribution in [1.29, 1.82) is 0 Å². The van der Waals surface area contributed by atoms with Crippen LogP contribution < -0.4 is 10.1 Å². The number of aryl methyl sites for hydroxylation is 1. The molecule has 0 unspecified atom stereocenters. The SMILES string of the molecule is COC(=O)Nc1ccc(OCc2nc(C)c(C(C)=O)s2)cc1. The van der Waals surface area contributed by atoms with Gasteiger partial charge in [0.2, 0.25) is 0 Å². The van der Waals surface area contributed by atoms with Crippen LogP contribution in [0.25, 0.3) is 0 Å². The molecule has 0 fully saturated rings. The standard InChI is InChI=1S/C15H16N2O4S/c1-9-14(10(2)18)22-13(16-9)8-21-12-6-4-11(5-7-12)17-15(19)20-3/h4-7H,8H2,1-3H3,(H,17,19). The number of carbonyl (C=O) groups is 2. The van der Waals surface area contributed by atoms with Crippen LogP contribution >= 0.6 is 11.3 Å². The van der Waals surface area contributed by atoms with Crippen LogP contribution in [0.5, 0.6) is 5.75 Å².